The Morgan fingerprint density at radius 2 is 2.05 bits per heavy atom. The zero-order valence-corrected chi connectivity index (χ0v) is 13.0. The first-order valence-electron chi connectivity index (χ1n) is 6.79. The molecule has 1 aliphatic rings. The minimum absolute atomic E-state index is 0.180. The van der Waals surface area contributed by atoms with Crippen molar-refractivity contribution in [2.24, 2.45) is 5.73 Å². The van der Waals surface area contributed by atoms with Crippen molar-refractivity contribution in [1.82, 2.24) is 0 Å². The van der Waals surface area contributed by atoms with E-state index in [1.54, 1.807) is 6.07 Å². The standard InChI is InChI=1S/C16H16BrN3O/c17-10-2-6-15(13(8-10)16(19)21)20-14-5-1-9-7-11(18)3-4-12(9)14/h2-4,6-8,14,20H,1,5,18H2,(H2,19,21). The number of hydrogen-bond donors (Lipinski definition) is 3. The molecule has 1 unspecified atom stereocenters. The van der Waals surface area contributed by atoms with Crippen LogP contribution in [-0.4, -0.2) is 5.91 Å². The van der Waals surface area contributed by atoms with E-state index < -0.39 is 5.91 Å². The summed E-state index contributed by atoms with van der Waals surface area (Å²) in [5.41, 5.74) is 15.8. The van der Waals surface area contributed by atoms with Gasteiger partial charge < -0.3 is 16.8 Å². The first-order chi connectivity index (χ1) is 10.0. The van der Waals surface area contributed by atoms with Gasteiger partial charge in [0.05, 0.1) is 11.6 Å². The Bertz CT molecular complexity index is 715. The second kappa shape index (κ2) is 5.41. The first-order valence-corrected chi connectivity index (χ1v) is 7.58. The minimum atomic E-state index is -0.436. The second-order valence-corrected chi connectivity index (χ2v) is 6.16. The zero-order valence-electron chi connectivity index (χ0n) is 11.4. The average Bonchev–Trinajstić information content (AvgIpc) is 2.82. The van der Waals surface area contributed by atoms with Crippen molar-refractivity contribution in [3.63, 3.8) is 0 Å². The molecular formula is C16H16BrN3O. The number of carbonyl (C=O) groups excluding carboxylic acids is 1. The highest BCUT2D eigenvalue weighted by Gasteiger charge is 2.23. The normalized spacial score (nSPS) is 16.5. The van der Waals surface area contributed by atoms with Gasteiger partial charge in [0.25, 0.3) is 5.91 Å². The van der Waals surface area contributed by atoms with E-state index in [4.69, 9.17) is 11.5 Å². The van der Waals surface area contributed by atoms with E-state index in [-0.39, 0.29) is 6.04 Å². The molecule has 2 aromatic carbocycles. The highest BCUT2D eigenvalue weighted by atomic mass is 79.9. The molecule has 4 nitrogen and oxygen atoms in total. The minimum Gasteiger partial charge on any atom is -0.399 e. The molecule has 0 radical (unpaired) electrons. The van der Waals surface area contributed by atoms with Crippen LogP contribution in [0.5, 0.6) is 0 Å². The van der Waals surface area contributed by atoms with Gasteiger partial charge in [0, 0.05) is 15.8 Å². The monoisotopic (exact) mass is 345 g/mol. The van der Waals surface area contributed by atoms with Gasteiger partial charge in [-0.05, 0) is 54.3 Å². The average molecular weight is 346 g/mol. The van der Waals surface area contributed by atoms with Crippen LogP contribution in [0, 0.1) is 0 Å². The van der Waals surface area contributed by atoms with Crippen molar-refractivity contribution in [3.05, 3.63) is 57.6 Å². The van der Waals surface area contributed by atoms with Crippen LogP contribution >= 0.6 is 15.9 Å². The lowest BCUT2D eigenvalue weighted by molar-refractivity contribution is 0.100. The molecule has 0 bridgehead atoms. The molecule has 0 spiro atoms. The van der Waals surface area contributed by atoms with Crippen molar-refractivity contribution in [3.8, 4) is 0 Å². The number of nitrogens with two attached hydrogens (primary N) is 2. The summed E-state index contributed by atoms with van der Waals surface area (Å²) in [5.74, 6) is -0.436. The molecule has 1 aliphatic carbocycles. The number of carbonyl (C=O) groups is 1. The van der Waals surface area contributed by atoms with Gasteiger partial charge in [0.2, 0.25) is 0 Å². The van der Waals surface area contributed by atoms with Gasteiger partial charge >= 0.3 is 0 Å². The van der Waals surface area contributed by atoms with Gasteiger partial charge in [-0.3, -0.25) is 4.79 Å². The van der Waals surface area contributed by atoms with Gasteiger partial charge in [0.15, 0.2) is 0 Å². The lowest BCUT2D eigenvalue weighted by Gasteiger charge is -2.18. The van der Waals surface area contributed by atoms with E-state index in [2.05, 4.69) is 27.3 Å². The number of aryl methyl sites for hydroxylation is 1. The predicted molar refractivity (Wildman–Crippen MR) is 88.2 cm³/mol. The largest absolute Gasteiger partial charge is 0.399 e. The highest BCUT2D eigenvalue weighted by molar-refractivity contribution is 9.10. The van der Waals surface area contributed by atoms with Gasteiger partial charge in [-0.25, -0.2) is 0 Å². The zero-order chi connectivity index (χ0) is 15.0. The van der Waals surface area contributed by atoms with E-state index in [9.17, 15) is 4.79 Å². The smallest absolute Gasteiger partial charge is 0.250 e. The number of nitrogens with one attached hydrogen (secondary N) is 1. The predicted octanol–water partition coefficient (Wildman–Crippen LogP) is 3.23. The molecule has 0 aromatic heterocycles. The maximum Gasteiger partial charge on any atom is 0.250 e. The van der Waals surface area contributed by atoms with Gasteiger partial charge in [-0.15, -0.1) is 0 Å². The van der Waals surface area contributed by atoms with Crippen LogP contribution in [0.3, 0.4) is 0 Å². The van der Waals surface area contributed by atoms with Crippen LogP contribution < -0.4 is 16.8 Å². The van der Waals surface area contributed by atoms with Crippen LogP contribution in [0.25, 0.3) is 0 Å². The topological polar surface area (TPSA) is 81.1 Å². The Balaban J connectivity index is 1.91. The molecule has 108 valence electrons. The van der Waals surface area contributed by atoms with Crippen LogP contribution in [0.15, 0.2) is 40.9 Å². The van der Waals surface area contributed by atoms with Crippen molar-refractivity contribution < 1.29 is 4.79 Å². The Hall–Kier alpha value is -2.01. The fourth-order valence-electron chi connectivity index (χ4n) is 2.82. The number of halogens is 1. The third kappa shape index (κ3) is 2.74. The highest BCUT2D eigenvalue weighted by Crippen LogP contribution is 2.36. The summed E-state index contributed by atoms with van der Waals surface area (Å²) < 4.78 is 0.835. The Kier molecular flexibility index (Phi) is 3.59. The summed E-state index contributed by atoms with van der Waals surface area (Å²) in [6.07, 6.45) is 1.97. The molecule has 0 fully saturated rings. The van der Waals surface area contributed by atoms with Crippen LogP contribution in [0.1, 0.15) is 33.9 Å². The summed E-state index contributed by atoms with van der Waals surface area (Å²) in [4.78, 5) is 11.6. The molecule has 1 atom stereocenters. The summed E-state index contributed by atoms with van der Waals surface area (Å²) in [6.45, 7) is 0. The molecule has 0 saturated carbocycles. The maximum absolute atomic E-state index is 11.6. The van der Waals surface area contributed by atoms with Crippen molar-refractivity contribution in [2.75, 3.05) is 11.1 Å². The van der Waals surface area contributed by atoms with E-state index in [1.165, 1.54) is 11.1 Å². The number of anilines is 2. The van der Waals surface area contributed by atoms with E-state index in [0.29, 0.717) is 5.56 Å². The third-order valence-corrected chi connectivity index (χ3v) is 4.31. The summed E-state index contributed by atoms with van der Waals surface area (Å²) in [5, 5.41) is 3.43. The number of amides is 1. The quantitative estimate of drug-likeness (QED) is 0.747. The second-order valence-electron chi connectivity index (χ2n) is 5.25. The number of hydrogen-bond acceptors (Lipinski definition) is 3. The molecular weight excluding hydrogens is 330 g/mol. The number of rotatable bonds is 3. The van der Waals surface area contributed by atoms with Crippen molar-refractivity contribution in [1.29, 1.82) is 0 Å². The summed E-state index contributed by atoms with van der Waals surface area (Å²) in [6, 6.07) is 11.7. The fraction of sp³-hybridized carbons (Fsp3) is 0.188. The lowest BCUT2D eigenvalue weighted by Crippen LogP contribution is -2.16. The van der Waals surface area contributed by atoms with Crippen molar-refractivity contribution in [2.45, 2.75) is 18.9 Å². The van der Waals surface area contributed by atoms with Crippen LogP contribution in [0.2, 0.25) is 0 Å². The van der Waals surface area contributed by atoms with Crippen LogP contribution in [-0.2, 0) is 6.42 Å². The molecule has 0 saturated heterocycles. The maximum atomic E-state index is 11.6. The lowest BCUT2D eigenvalue weighted by atomic mass is 10.1. The summed E-state index contributed by atoms with van der Waals surface area (Å²) in [7, 11) is 0. The van der Waals surface area contributed by atoms with E-state index in [0.717, 1.165) is 28.7 Å². The molecule has 0 aliphatic heterocycles. The van der Waals surface area contributed by atoms with Gasteiger partial charge in [0.1, 0.15) is 0 Å². The third-order valence-electron chi connectivity index (χ3n) is 3.82. The van der Waals surface area contributed by atoms with E-state index in [1.807, 2.05) is 24.3 Å². The number of fused-ring (bicyclic) bond motifs is 1. The molecule has 1 amide bonds. The van der Waals surface area contributed by atoms with Gasteiger partial charge in [-0.2, -0.15) is 0 Å². The Labute approximate surface area is 131 Å². The number of nitrogen functional groups attached to an aromatic ring is 1. The van der Waals surface area contributed by atoms with E-state index >= 15 is 0 Å². The number of benzene rings is 2. The SMILES string of the molecule is NC(=O)c1cc(Br)ccc1NC1CCc2cc(N)ccc21. The first kappa shape index (κ1) is 13.9. The number of primary amides is 1. The summed E-state index contributed by atoms with van der Waals surface area (Å²) >= 11 is 3.36. The Morgan fingerprint density at radius 1 is 1.24 bits per heavy atom. The van der Waals surface area contributed by atoms with Gasteiger partial charge in [-0.1, -0.05) is 22.0 Å². The van der Waals surface area contributed by atoms with Crippen LogP contribution in [0.4, 0.5) is 11.4 Å². The Morgan fingerprint density at radius 3 is 2.81 bits per heavy atom. The molecule has 5 N–H and O–H groups in total. The molecule has 3 rings (SSSR count). The molecule has 5 heteroatoms. The molecule has 2 aromatic rings. The molecule has 21 heavy (non-hydrogen) atoms. The van der Waals surface area contributed by atoms with Crippen molar-refractivity contribution >= 4 is 33.2 Å². The fourth-order valence-corrected chi connectivity index (χ4v) is 3.18. The molecule has 0 heterocycles.